The zero-order valence-corrected chi connectivity index (χ0v) is 9.90. The number of aromatic nitrogens is 3. The van der Waals surface area contributed by atoms with E-state index >= 15 is 0 Å². The molecule has 0 bridgehead atoms. The van der Waals surface area contributed by atoms with Gasteiger partial charge in [-0.15, -0.1) is 10.2 Å². The summed E-state index contributed by atoms with van der Waals surface area (Å²) in [6, 6.07) is 7.64. The van der Waals surface area contributed by atoms with Crippen LogP contribution in [0.15, 0.2) is 30.6 Å². The summed E-state index contributed by atoms with van der Waals surface area (Å²) in [7, 11) is 1.62. The number of H-pyrrole nitrogens is 1. The van der Waals surface area contributed by atoms with Gasteiger partial charge in [-0.1, -0.05) is 18.2 Å². The average Bonchev–Trinajstić information content (AvgIpc) is 2.89. The van der Waals surface area contributed by atoms with Crippen LogP contribution in [0.4, 0.5) is 5.95 Å². The Labute approximate surface area is 104 Å². The molecule has 0 unspecified atom stereocenters. The Morgan fingerprint density at radius 3 is 3.00 bits per heavy atom. The summed E-state index contributed by atoms with van der Waals surface area (Å²) >= 11 is 0. The van der Waals surface area contributed by atoms with Gasteiger partial charge in [0.05, 0.1) is 7.11 Å². The van der Waals surface area contributed by atoms with Crippen molar-refractivity contribution in [3.8, 4) is 5.75 Å². The van der Waals surface area contributed by atoms with Crippen molar-refractivity contribution in [1.29, 1.82) is 5.41 Å². The van der Waals surface area contributed by atoms with Gasteiger partial charge in [0.15, 0.2) is 5.96 Å². The van der Waals surface area contributed by atoms with E-state index in [2.05, 4.69) is 25.8 Å². The molecule has 0 saturated carbocycles. The number of hydrogen-bond donors (Lipinski definition) is 4. The van der Waals surface area contributed by atoms with Gasteiger partial charge in [0.1, 0.15) is 12.1 Å². The van der Waals surface area contributed by atoms with Crippen LogP contribution in [0.2, 0.25) is 0 Å². The molecule has 7 heteroatoms. The van der Waals surface area contributed by atoms with Crippen molar-refractivity contribution in [3.63, 3.8) is 0 Å². The lowest BCUT2D eigenvalue weighted by Gasteiger charge is -2.11. The Kier molecular flexibility index (Phi) is 3.75. The van der Waals surface area contributed by atoms with Gasteiger partial charge in [-0.2, -0.15) is 0 Å². The monoisotopic (exact) mass is 246 g/mol. The van der Waals surface area contributed by atoms with Gasteiger partial charge in [0.2, 0.25) is 5.95 Å². The summed E-state index contributed by atoms with van der Waals surface area (Å²) in [5, 5.41) is 20.7. The molecular formula is C11H14N6O. The molecule has 0 saturated heterocycles. The first-order valence-electron chi connectivity index (χ1n) is 5.37. The average molecular weight is 246 g/mol. The molecule has 0 radical (unpaired) electrons. The molecule has 0 spiro atoms. The van der Waals surface area contributed by atoms with Crippen molar-refractivity contribution in [2.45, 2.75) is 6.54 Å². The molecule has 18 heavy (non-hydrogen) atoms. The lowest BCUT2D eigenvalue weighted by atomic mass is 10.2. The molecule has 4 N–H and O–H groups in total. The highest BCUT2D eigenvalue weighted by Crippen LogP contribution is 2.16. The molecule has 2 aromatic rings. The number of anilines is 1. The minimum atomic E-state index is 0.137. The van der Waals surface area contributed by atoms with Crippen LogP contribution in [0.25, 0.3) is 0 Å². The van der Waals surface area contributed by atoms with Gasteiger partial charge >= 0.3 is 0 Å². The SMILES string of the molecule is COc1ccccc1CNC(=N)Nc1nnc[nH]1. The normalized spacial score (nSPS) is 9.83. The molecular weight excluding hydrogens is 232 g/mol. The Hall–Kier alpha value is -2.57. The van der Waals surface area contributed by atoms with Crippen LogP contribution in [0, 0.1) is 5.41 Å². The quantitative estimate of drug-likeness (QED) is 0.475. The van der Waals surface area contributed by atoms with E-state index in [4.69, 9.17) is 10.1 Å². The molecule has 7 nitrogen and oxygen atoms in total. The van der Waals surface area contributed by atoms with Crippen molar-refractivity contribution in [2.75, 3.05) is 12.4 Å². The van der Waals surface area contributed by atoms with Crippen molar-refractivity contribution < 1.29 is 4.74 Å². The van der Waals surface area contributed by atoms with Crippen LogP contribution in [-0.2, 0) is 6.54 Å². The number of hydrogen-bond acceptors (Lipinski definition) is 4. The van der Waals surface area contributed by atoms with Gasteiger partial charge < -0.3 is 15.0 Å². The summed E-state index contributed by atoms with van der Waals surface area (Å²) < 4.78 is 5.22. The van der Waals surface area contributed by atoms with E-state index in [0.29, 0.717) is 12.5 Å². The summed E-state index contributed by atoms with van der Waals surface area (Å²) in [6.45, 7) is 0.490. The predicted molar refractivity (Wildman–Crippen MR) is 67.6 cm³/mol. The number of benzene rings is 1. The van der Waals surface area contributed by atoms with Gasteiger partial charge in [0, 0.05) is 12.1 Å². The fourth-order valence-corrected chi connectivity index (χ4v) is 1.46. The lowest BCUT2D eigenvalue weighted by Crippen LogP contribution is -2.29. The number of methoxy groups -OCH3 is 1. The lowest BCUT2D eigenvalue weighted by molar-refractivity contribution is 0.409. The number of aromatic amines is 1. The van der Waals surface area contributed by atoms with Crippen LogP contribution >= 0.6 is 0 Å². The highest BCUT2D eigenvalue weighted by atomic mass is 16.5. The minimum absolute atomic E-state index is 0.137. The molecule has 0 atom stereocenters. The third-order valence-electron chi connectivity index (χ3n) is 2.31. The van der Waals surface area contributed by atoms with E-state index in [-0.39, 0.29) is 5.96 Å². The van der Waals surface area contributed by atoms with Crippen molar-refractivity contribution in [1.82, 2.24) is 20.5 Å². The maximum atomic E-state index is 7.69. The first kappa shape index (κ1) is 11.9. The first-order chi connectivity index (χ1) is 8.79. The molecule has 0 fully saturated rings. The summed E-state index contributed by atoms with van der Waals surface area (Å²) in [5.74, 6) is 1.35. The molecule has 0 aliphatic rings. The topological polar surface area (TPSA) is 98.7 Å². The number of guanidine groups is 1. The van der Waals surface area contributed by atoms with E-state index in [1.54, 1.807) is 7.11 Å². The van der Waals surface area contributed by atoms with Crippen LogP contribution in [0.1, 0.15) is 5.56 Å². The second kappa shape index (κ2) is 5.67. The van der Waals surface area contributed by atoms with E-state index in [1.165, 1.54) is 6.33 Å². The molecule has 0 aliphatic heterocycles. The Morgan fingerprint density at radius 2 is 2.28 bits per heavy atom. The maximum Gasteiger partial charge on any atom is 0.228 e. The van der Waals surface area contributed by atoms with E-state index < -0.39 is 0 Å². The predicted octanol–water partition coefficient (Wildman–Crippen LogP) is 0.950. The number of rotatable bonds is 4. The molecule has 0 aliphatic carbocycles. The number of ether oxygens (including phenoxy) is 1. The second-order valence-corrected chi connectivity index (χ2v) is 3.50. The number of nitrogens with one attached hydrogen (secondary N) is 4. The molecule has 0 amide bonds. The van der Waals surface area contributed by atoms with Crippen LogP contribution in [-0.4, -0.2) is 28.3 Å². The van der Waals surface area contributed by atoms with E-state index in [0.717, 1.165) is 11.3 Å². The third kappa shape index (κ3) is 2.97. The molecule has 94 valence electrons. The highest BCUT2D eigenvalue weighted by molar-refractivity contribution is 5.89. The van der Waals surface area contributed by atoms with Gasteiger partial charge in [0.25, 0.3) is 0 Å². The zero-order valence-electron chi connectivity index (χ0n) is 9.90. The summed E-state index contributed by atoms with van der Waals surface area (Å²) in [6.07, 6.45) is 1.44. The largest absolute Gasteiger partial charge is 0.496 e. The highest BCUT2D eigenvalue weighted by Gasteiger charge is 2.03. The Balaban J connectivity index is 1.89. The minimum Gasteiger partial charge on any atom is -0.496 e. The van der Waals surface area contributed by atoms with Gasteiger partial charge in [-0.25, -0.2) is 0 Å². The van der Waals surface area contributed by atoms with E-state index in [1.807, 2.05) is 24.3 Å². The number of para-hydroxylation sites is 1. The van der Waals surface area contributed by atoms with Crippen molar-refractivity contribution in [2.24, 2.45) is 0 Å². The Bertz CT molecular complexity index is 510. The summed E-state index contributed by atoms with van der Waals surface area (Å²) in [4.78, 5) is 2.75. The molecule has 1 aromatic heterocycles. The molecule has 1 heterocycles. The molecule has 1 aromatic carbocycles. The number of nitrogens with zero attached hydrogens (tertiary/aromatic N) is 2. The maximum absolute atomic E-state index is 7.69. The smallest absolute Gasteiger partial charge is 0.228 e. The second-order valence-electron chi connectivity index (χ2n) is 3.50. The fraction of sp³-hybridized carbons (Fsp3) is 0.182. The van der Waals surface area contributed by atoms with Crippen LogP contribution < -0.4 is 15.4 Å². The van der Waals surface area contributed by atoms with Crippen molar-refractivity contribution in [3.05, 3.63) is 36.2 Å². The summed E-state index contributed by atoms with van der Waals surface area (Å²) in [5.41, 5.74) is 0.976. The molecule has 2 rings (SSSR count). The first-order valence-corrected chi connectivity index (χ1v) is 5.37. The van der Waals surface area contributed by atoms with Crippen LogP contribution in [0.5, 0.6) is 5.75 Å². The van der Waals surface area contributed by atoms with Crippen molar-refractivity contribution >= 4 is 11.9 Å². The van der Waals surface area contributed by atoms with Gasteiger partial charge in [-0.05, 0) is 6.07 Å². The Morgan fingerprint density at radius 1 is 1.44 bits per heavy atom. The van der Waals surface area contributed by atoms with Gasteiger partial charge in [-0.3, -0.25) is 10.7 Å². The fourth-order valence-electron chi connectivity index (χ4n) is 1.46. The zero-order chi connectivity index (χ0) is 12.8. The van der Waals surface area contributed by atoms with Crippen LogP contribution in [0.3, 0.4) is 0 Å². The third-order valence-corrected chi connectivity index (χ3v) is 2.31. The standard InChI is InChI=1S/C11H14N6O/c1-18-9-5-3-2-4-8(9)6-13-10(12)16-11-14-7-15-17-11/h2-5,7H,6H2,1H3,(H4,12,13,14,15,16,17). The van der Waals surface area contributed by atoms with E-state index in [9.17, 15) is 0 Å².